The van der Waals surface area contributed by atoms with E-state index in [1.54, 1.807) is 12.4 Å². The lowest BCUT2D eigenvalue weighted by Crippen LogP contribution is -2.15. The Balaban J connectivity index is 0.00000200. The van der Waals surface area contributed by atoms with Gasteiger partial charge in [0.2, 0.25) is 5.91 Å². The van der Waals surface area contributed by atoms with E-state index >= 15 is 0 Å². The molecule has 0 unspecified atom stereocenters. The molecule has 20 heavy (non-hydrogen) atoms. The Labute approximate surface area is 124 Å². The second kappa shape index (κ2) is 8.29. The Bertz CT molecular complexity index is 512. The van der Waals surface area contributed by atoms with Crippen molar-refractivity contribution in [1.29, 1.82) is 0 Å². The summed E-state index contributed by atoms with van der Waals surface area (Å²) in [6.45, 7) is 0.845. The normalized spacial score (nSPS) is 9.85. The van der Waals surface area contributed by atoms with Gasteiger partial charge in [0.1, 0.15) is 0 Å². The standard InChI is InChI=1S/C13H17N5O.ClH/c1-14-8-2-3-13(19)17-11-4-6-12(7-5-11)18-15-9-10-16-18;/h4-7,9-10,14H,2-3,8H2,1H3,(H,17,19);1H. The molecule has 108 valence electrons. The van der Waals surface area contributed by atoms with Crippen LogP contribution in [0.3, 0.4) is 0 Å². The maximum Gasteiger partial charge on any atom is 0.224 e. The first-order valence-electron chi connectivity index (χ1n) is 6.21. The van der Waals surface area contributed by atoms with Crippen molar-refractivity contribution in [2.24, 2.45) is 0 Å². The topological polar surface area (TPSA) is 71.8 Å². The molecule has 0 saturated carbocycles. The van der Waals surface area contributed by atoms with Crippen LogP contribution >= 0.6 is 12.4 Å². The summed E-state index contributed by atoms with van der Waals surface area (Å²) >= 11 is 0. The van der Waals surface area contributed by atoms with E-state index in [2.05, 4.69) is 20.8 Å². The third kappa shape index (κ3) is 4.64. The first kappa shape index (κ1) is 16.1. The maximum atomic E-state index is 11.6. The summed E-state index contributed by atoms with van der Waals surface area (Å²) in [7, 11) is 1.87. The molecular weight excluding hydrogens is 278 g/mol. The number of anilines is 1. The molecule has 0 aliphatic rings. The minimum atomic E-state index is 0. The van der Waals surface area contributed by atoms with E-state index in [1.807, 2.05) is 31.3 Å². The molecule has 1 heterocycles. The van der Waals surface area contributed by atoms with Crippen molar-refractivity contribution in [3.63, 3.8) is 0 Å². The first-order chi connectivity index (χ1) is 9.29. The lowest BCUT2D eigenvalue weighted by atomic mass is 10.2. The molecule has 0 aliphatic heterocycles. The molecule has 0 saturated heterocycles. The van der Waals surface area contributed by atoms with Crippen LogP contribution in [-0.4, -0.2) is 34.5 Å². The number of rotatable bonds is 6. The van der Waals surface area contributed by atoms with Gasteiger partial charge in [-0.1, -0.05) is 0 Å². The molecule has 0 bridgehead atoms. The fraction of sp³-hybridized carbons (Fsp3) is 0.308. The van der Waals surface area contributed by atoms with Gasteiger partial charge in [-0.2, -0.15) is 15.0 Å². The summed E-state index contributed by atoms with van der Waals surface area (Å²) in [5, 5.41) is 13.9. The number of nitrogens with one attached hydrogen (secondary N) is 2. The van der Waals surface area contributed by atoms with Gasteiger partial charge >= 0.3 is 0 Å². The summed E-state index contributed by atoms with van der Waals surface area (Å²) in [5.74, 6) is 0.0280. The quantitative estimate of drug-likeness (QED) is 0.795. The van der Waals surface area contributed by atoms with Gasteiger partial charge in [-0.25, -0.2) is 0 Å². The number of nitrogens with zero attached hydrogens (tertiary/aromatic N) is 3. The van der Waals surface area contributed by atoms with Crippen molar-refractivity contribution < 1.29 is 4.79 Å². The number of carbonyl (C=O) groups is 1. The van der Waals surface area contributed by atoms with Crippen molar-refractivity contribution in [1.82, 2.24) is 20.3 Å². The van der Waals surface area contributed by atoms with Crippen LogP contribution in [0.25, 0.3) is 5.69 Å². The highest BCUT2D eigenvalue weighted by Gasteiger charge is 2.02. The van der Waals surface area contributed by atoms with Crippen LogP contribution in [0.5, 0.6) is 0 Å². The van der Waals surface area contributed by atoms with Gasteiger partial charge in [0.05, 0.1) is 18.1 Å². The molecule has 0 spiro atoms. The highest BCUT2D eigenvalue weighted by molar-refractivity contribution is 5.90. The highest BCUT2D eigenvalue weighted by atomic mass is 35.5. The average Bonchev–Trinajstić information content (AvgIpc) is 2.94. The second-order valence-corrected chi connectivity index (χ2v) is 4.12. The van der Waals surface area contributed by atoms with E-state index in [0.717, 1.165) is 24.3 Å². The Hall–Kier alpha value is -1.92. The highest BCUT2D eigenvalue weighted by Crippen LogP contribution is 2.12. The monoisotopic (exact) mass is 295 g/mol. The van der Waals surface area contributed by atoms with E-state index in [4.69, 9.17) is 0 Å². The number of hydrogen-bond acceptors (Lipinski definition) is 4. The fourth-order valence-corrected chi connectivity index (χ4v) is 1.68. The third-order valence-corrected chi connectivity index (χ3v) is 2.63. The maximum absolute atomic E-state index is 11.6. The SMILES string of the molecule is CNCCCC(=O)Nc1ccc(-n2nccn2)cc1.Cl. The summed E-state index contributed by atoms with van der Waals surface area (Å²) in [5.41, 5.74) is 1.64. The lowest BCUT2D eigenvalue weighted by Gasteiger charge is -2.06. The lowest BCUT2D eigenvalue weighted by molar-refractivity contribution is -0.116. The first-order valence-corrected chi connectivity index (χ1v) is 6.21. The van der Waals surface area contributed by atoms with Crippen molar-refractivity contribution in [3.05, 3.63) is 36.7 Å². The zero-order valence-electron chi connectivity index (χ0n) is 11.2. The molecule has 2 rings (SSSR count). The molecule has 7 heteroatoms. The number of halogens is 1. The van der Waals surface area contributed by atoms with Gasteiger partial charge in [0.25, 0.3) is 0 Å². The molecular formula is C13H18ClN5O. The van der Waals surface area contributed by atoms with Gasteiger partial charge in [-0.15, -0.1) is 12.4 Å². The molecule has 2 N–H and O–H groups in total. The molecule has 0 radical (unpaired) electrons. The van der Waals surface area contributed by atoms with Crippen LogP contribution in [0.15, 0.2) is 36.7 Å². The van der Waals surface area contributed by atoms with Crippen LogP contribution in [0.1, 0.15) is 12.8 Å². The van der Waals surface area contributed by atoms with Crippen LogP contribution in [0.4, 0.5) is 5.69 Å². The predicted octanol–water partition coefficient (Wildman–Crippen LogP) is 1.63. The minimum Gasteiger partial charge on any atom is -0.326 e. The third-order valence-electron chi connectivity index (χ3n) is 2.63. The number of hydrogen-bond donors (Lipinski definition) is 2. The Morgan fingerprint density at radius 3 is 2.45 bits per heavy atom. The molecule has 0 aliphatic carbocycles. The van der Waals surface area contributed by atoms with Gasteiger partial charge in [-0.3, -0.25) is 4.79 Å². The van der Waals surface area contributed by atoms with Gasteiger partial charge < -0.3 is 10.6 Å². The summed E-state index contributed by atoms with van der Waals surface area (Å²) in [6.07, 6.45) is 4.59. The number of aromatic nitrogens is 3. The summed E-state index contributed by atoms with van der Waals surface area (Å²) < 4.78 is 0. The van der Waals surface area contributed by atoms with Crippen molar-refractivity contribution in [3.8, 4) is 5.69 Å². The summed E-state index contributed by atoms with van der Waals surface area (Å²) in [4.78, 5) is 13.2. The van der Waals surface area contributed by atoms with Crippen LogP contribution in [-0.2, 0) is 4.79 Å². The summed E-state index contributed by atoms with van der Waals surface area (Å²) in [6, 6.07) is 7.41. The second-order valence-electron chi connectivity index (χ2n) is 4.12. The molecule has 0 atom stereocenters. The number of carbonyl (C=O) groups excluding carboxylic acids is 1. The molecule has 6 nitrogen and oxygen atoms in total. The largest absolute Gasteiger partial charge is 0.326 e. The fourth-order valence-electron chi connectivity index (χ4n) is 1.68. The van der Waals surface area contributed by atoms with Gasteiger partial charge in [-0.05, 0) is 44.3 Å². The van der Waals surface area contributed by atoms with Crippen LogP contribution in [0, 0.1) is 0 Å². The van der Waals surface area contributed by atoms with E-state index in [1.165, 1.54) is 4.80 Å². The van der Waals surface area contributed by atoms with E-state index in [0.29, 0.717) is 6.42 Å². The van der Waals surface area contributed by atoms with Gasteiger partial charge in [0.15, 0.2) is 0 Å². The van der Waals surface area contributed by atoms with E-state index < -0.39 is 0 Å². The Morgan fingerprint density at radius 2 is 1.85 bits per heavy atom. The predicted molar refractivity (Wildman–Crippen MR) is 80.4 cm³/mol. The molecule has 2 aromatic rings. The van der Waals surface area contributed by atoms with E-state index in [-0.39, 0.29) is 18.3 Å². The van der Waals surface area contributed by atoms with Crippen molar-refractivity contribution in [2.45, 2.75) is 12.8 Å². The Kier molecular flexibility index (Phi) is 6.69. The number of benzene rings is 1. The Morgan fingerprint density at radius 1 is 1.20 bits per heavy atom. The van der Waals surface area contributed by atoms with Crippen molar-refractivity contribution in [2.75, 3.05) is 18.9 Å². The van der Waals surface area contributed by atoms with E-state index in [9.17, 15) is 4.79 Å². The number of amides is 1. The minimum absolute atomic E-state index is 0. The van der Waals surface area contributed by atoms with Crippen molar-refractivity contribution >= 4 is 24.0 Å². The molecule has 1 aromatic carbocycles. The van der Waals surface area contributed by atoms with Crippen LogP contribution in [0.2, 0.25) is 0 Å². The molecule has 1 amide bonds. The molecule has 1 aromatic heterocycles. The zero-order chi connectivity index (χ0) is 13.5. The molecule has 0 fully saturated rings. The van der Waals surface area contributed by atoms with Crippen LogP contribution < -0.4 is 10.6 Å². The zero-order valence-corrected chi connectivity index (χ0v) is 12.1. The smallest absolute Gasteiger partial charge is 0.224 e. The average molecular weight is 296 g/mol. The van der Waals surface area contributed by atoms with Gasteiger partial charge in [0, 0.05) is 12.1 Å².